The smallest absolute Gasteiger partial charge is 0.267 e. The molecule has 0 saturated carbocycles. The van der Waals surface area contributed by atoms with E-state index in [9.17, 15) is 4.79 Å². The van der Waals surface area contributed by atoms with Crippen molar-refractivity contribution in [1.29, 1.82) is 0 Å². The summed E-state index contributed by atoms with van der Waals surface area (Å²) in [5.41, 5.74) is 4.97. The van der Waals surface area contributed by atoms with Crippen LogP contribution in [0.15, 0.2) is 47.4 Å². The van der Waals surface area contributed by atoms with Crippen molar-refractivity contribution in [3.05, 3.63) is 69.0 Å². The number of carbonyl (C=O) groups is 1. The molecule has 4 aromatic rings. The summed E-state index contributed by atoms with van der Waals surface area (Å²) in [6.45, 7) is 7.33. The monoisotopic (exact) mass is 438 g/mol. The molecule has 0 aliphatic heterocycles. The molecule has 0 saturated heterocycles. The van der Waals surface area contributed by atoms with Crippen LogP contribution >= 0.6 is 22.7 Å². The normalized spacial score (nSPS) is 10.9. The molecule has 1 aromatic carbocycles. The van der Waals surface area contributed by atoms with E-state index < -0.39 is 0 Å². The Kier molecular flexibility index (Phi) is 5.96. The molecule has 6 nitrogen and oxygen atoms in total. The Bertz CT molecular complexity index is 1180. The first kappa shape index (κ1) is 20.3. The van der Waals surface area contributed by atoms with Gasteiger partial charge in [-0.3, -0.25) is 14.8 Å². The molecule has 4 rings (SSSR count). The lowest BCUT2D eigenvalue weighted by Gasteiger charge is -2.08. The summed E-state index contributed by atoms with van der Waals surface area (Å²) in [6, 6.07) is 8.01. The van der Waals surface area contributed by atoms with Crippen molar-refractivity contribution < 1.29 is 9.53 Å². The van der Waals surface area contributed by atoms with Gasteiger partial charge in [0.1, 0.15) is 12.4 Å². The summed E-state index contributed by atoms with van der Waals surface area (Å²) >= 11 is 2.80. The van der Waals surface area contributed by atoms with Crippen LogP contribution in [0, 0.1) is 13.8 Å². The Balaban J connectivity index is 1.38. The van der Waals surface area contributed by atoms with Crippen molar-refractivity contribution in [2.24, 2.45) is 0 Å². The second kappa shape index (κ2) is 8.81. The Morgan fingerprint density at radius 2 is 2.07 bits per heavy atom. The van der Waals surface area contributed by atoms with Crippen LogP contribution in [0.3, 0.4) is 0 Å². The maximum Gasteiger partial charge on any atom is 0.267 e. The number of ether oxygens (including phenoxy) is 1. The zero-order valence-electron chi connectivity index (χ0n) is 17.0. The van der Waals surface area contributed by atoms with Crippen LogP contribution in [-0.4, -0.2) is 20.7 Å². The number of hydrogen-bond acceptors (Lipinski definition) is 6. The molecule has 0 unspecified atom stereocenters. The van der Waals surface area contributed by atoms with E-state index in [0.717, 1.165) is 40.2 Å². The third kappa shape index (κ3) is 4.60. The van der Waals surface area contributed by atoms with Gasteiger partial charge in [0.15, 0.2) is 5.13 Å². The molecular weight excluding hydrogens is 416 g/mol. The van der Waals surface area contributed by atoms with Gasteiger partial charge in [-0.1, -0.05) is 12.1 Å². The fourth-order valence-corrected chi connectivity index (χ4v) is 4.39. The molecule has 0 bridgehead atoms. The predicted octanol–water partition coefficient (Wildman–Crippen LogP) is 5.54. The number of nitrogens with one attached hydrogen (secondary N) is 1. The van der Waals surface area contributed by atoms with Crippen LogP contribution in [0.4, 0.5) is 5.13 Å². The first-order chi connectivity index (χ1) is 14.5. The second-order valence-corrected chi connectivity index (χ2v) is 8.72. The molecule has 1 amide bonds. The van der Waals surface area contributed by atoms with Gasteiger partial charge in [0, 0.05) is 29.2 Å². The number of carbonyl (C=O) groups excluding carboxylic acids is 1. The van der Waals surface area contributed by atoms with Crippen LogP contribution in [0.25, 0.3) is 11.3 Å². The van der Waals surface area contributed by atoms with E-state index in [0.29, 0.717) is 16.6 Å². The van der Waals surface area contributed by atoms with Crippen molar-refractivity contribution in [2.45, 2.75) is 33.9 Å². The molecule has 3 heterocycles. The van der Waals surface area contributed by atoms with Gasteiger partial charge in [-0.15, -0.1) is 22.7 Å². The zero-order chi connectivity index (χ0) is 21.1. The number of benzene rings is 1. The lowest BCUT2D eigenvalue weighted by Crippen LogP contribution is -2.09. The lowest BCUT2D eigenvalue weighted by atomic mass is 10.1. The highest BCUT2D eigenvalue weighted by Gasteiger charge is 2.13. The first-order valence-corrected chi connectivity index (χ1v) is 11.3. The number of amides is 1. The highest BCUT2D eigenvalue weighted by molar-refractivity contribution is 7.14. The van der Waals surface area contributed by atoms with Gasteiger partial charge in [0.05, 0.1) is 16.8 Å². The quantitative estimate of drug-likeness (QED) is 0.411. The zero-order valence-corrected chi connectivity index (χ0v) is 18.6. The molecule has 1 N–H and O–H groups in total. The highest BCUT2D eigenvalue weighted by atomic mass is 32.1. The number of thiazole rings is 1. The fourth-order valence-electron chi connectivity index (χ4n) is 2.89. The van der Waals surface area contributed by atoms with Crippen molar-refractivity contribution in [3.63, 3.8) is 0 Å². The van der Waals surface area contributed by atoms with E-state index in [1.165, 1.54) is 22.7 Å². The topological polar surface area (TPSA) is 69.0 Å². The molecule has 8 heteroatoms. The van der Waals surface area contributed by atoms with Crippen molar-refractivity contribution >= 4 is 33.7 Å². The molecule has 30 heavy (non-hydrogen) atoms. The average molecular weight is 439 g/mol. The molecular formula is C22H22N4O2S2. The SMILES string of the molecule is CCn1cc(-c2csc(NC(=O)c3cc(COc4cc(C)ccc4C)cs3)n2)cn1. The third-order valence-corrected chi connectivity index (χ3v) is 6.33. The minimum atomic E-state index is -0.164. The standard InChI is InChI=1S/C22H22N4O2S2/c1-4-26-10-17(9-23-26)18-13-30-22(24-18)25-21(27)20-8-16(12-29-20)11-28-19-7-14(2)5-6-15(19)3/h5-10,12-13H,4,11H2,1-3H3,(H,24,25,27). The van der Waals surface area contributed by atoms with E-state index in [1.807, 2.05) is 60.6 Å². The number of aromatic nitrogens is 3. The van der Waals surface area contributed by atoms with Crippen molar-refractivity contribution in [2.75, 3.05) is 5.32 Å². The molecule has 154 valence electrons. The Morgan fingerprint density at radius 3 is 2.87 bits per heavy atom. The van der Waals surface area contributed by atoms with Gasteiger partial charge in [-0.2, -0.15) is 5.10 Å². The lowest BCUT2D eigenvalue weighted by molar-refractivity contribution is 0.103. The summed E-state index contributed by atoms with van der Waals surface area (Å²) in [4.78, 5) is 17.7. The van der Waals surface area contributed by atoms with E-state index in [2.05, 4.69) is 21.5 Å². The van der Waals surface area contributed by atoms with Crippen molar-refractivity contribution in [3.8, 4) is 17.0 Å². The van der Waals surface area contributed by atoms with Crippen LogP contribution < -0.4 is 10.1 Å². The molecule has 0 radical (unpaired) electrons. The summed E-state index contributed by atoms with van der Waals surface area (Å²) in [6.07, 6.45) is 3.73. The van der Waals surface area contributed by atoms with Crippen molar-refractivity contribution in [1.82, 2.24) is 14.8 Å². The Labute approximate surface area is 183 Å². The number of thiophene rings is 1. The van der Waals surface area contributed by atoms with Crippen LogP contribution in [0.1, 0.15) is 33.3 Å². The number of nitrogens with zero attached hydrogens (tertiary/aromatic N) is 3. The Morgan fingerprint density at radius 1 is 1.20 bits per heavy atom. The van der Waals surface area contributed by atoms with E-state index in [-0.39, 0.29) is 5.91 Å². The molecule has 0 aliphatic rings. The summed E-state index contributed by atoms with van der Waals surface area (Å²) in [5.74, 6) is 0.706. The van der Waals surface area contributed by atoms with Gasteiger partial charge < -0.3 is 4.74 Å². The van der Waals surface area contributed by atoms with E-state index in [1.54, 1.807) is 6.20 Å². The number of anilines is 1. The molecule has 0 atom stereocenters. The number of hydrogen-bond donors (Lipinski definition) is 1. The Hall–Kier alpha value is -2.97. The molecule has 3 aromatic heterocycles. The van der Waals surface area contributed by atoms with Crippen LogP contribution in [0.2, 0.25) is 0 Å². The van der Waals surface area contributed by atoms with Gasteiger partial charge in [0.2, 0.25) is 0 Å². The molecule has 0 aliphatic carbocycles. The maximum atomic E-state index is 12.6. The molecule has 0 fully saturated rings. The van der Waals surface area contributed by atoms with Gasteiger partial charge >= 0.3 is 0 Å². The fraction of sp³-hybridized carbons (Fsp3) is 0.227. The van der Waals surface area contributed by atoms with Gasteiger partial charge in [-0.25, -0.2) is 4.98 Å². The minimum absolute atomic E-state index is 0.164. The largest absolute Gasteiger partial charge is 0.489 e. The number of aryl methyl sites for hydroxylation is 3. The molecule has 0 spiro atoms. The van der Waals surface area contributed by atoms with Crippen LogP contribution in [0.5, 0.6) is 5.75 Å². The minimum Gasteiger partial charge on any atom is -0.489 e. The maximum absolute atomic E-state index is 12.6. The van der Waals surface area contributed by atoms with Crippen LogP contribution in [-0.2, 0) is 13.2 Å². The number of rotatable bonds is 7. The predicted molar refractivity (Wildman–Crippen MR) is 122 cm³/mol. The van der Waals surface area contributed by atoms with E-state index in [4.69, 9.17) is 4.74 Å². The first-order valence-electron chi connectivity index (χ1n) is 9.59. The third-order valence-electron chi connectivity index (χ3n) is 4.59. The van der Waals surface area contributed by atoms with Gasteiger partial charge in [-0.05, 0) is 49.4 Å². The average Bonchev–Trinajstić information content (AvgIpc) is 3.48. The highest BCUT2D eigenvalue weighted by Crippen LogP contribution is 2.26. The summed E-state index contributed by atoms with van der Waals surface area (Å²) < 4.78 is 7.78. The van der Waals surface area contributed by atoms with E-state index >= 15 is 0 Å². The van der Waals surface area contributed by atoms with Gasteiger partial charge in [0.25, 0.3) is 5.91 Å². The summed E-state index contributed by atoms with van der Waals surface area (Å²) in [5, 5.41) is 11.6. The second-order valence-electron chi connectivity index (χ2n) is 6.95. The summed E-state index contributed by atoms with van der Waals surface area (Å²) in [7, 11) is 0.